The van der Waals surface area contributed by atoms with Gasteiger partial charge < -0.3 is 25.6 Å². The zero-order valence-corrected chi connectivity index (χ0v) is 10.9. The molecule has 0 saturated carbocycles. The van der Waals surface area contributed by atoms with Crippen molar-refractivity contribution < 1.29 is 47.4 Å². The van der Waals surface area contributed by atoms with Crippen molar-refractivity contribution in [3.8, 4) is 0 Å². The molecule has 0 atom stereocenters. The third-order valence-corrected chi connectivity index (χ3v) is 2.01. The molecule has 0 amide bonds. The number of hydrogen-bond acceptors (Lipinski definition) is 4. The first-order valence-electron chi connectivity index (χ1n) is 4.02. The van der Waals surface area contributed by atoms with E-state index in [1.165, 1.54) is 12.3 Å². The van der Waals surface area contributed by atoms with Crippen molar-refractivity contribution in [1.82, 2.24) is 9.97 Å². The Morgan fingerprint density at radius 2 is 2.25 bits per heavy atom. The number of nitrogens with two attached hydrogens (primary N) is 1. The molecule has 0 aliphatic carbocycles. The zero-order valence-electron chi connectivity index (χ0n) is 8.02. The summed E-state index contributed by atoms with van der Waals surface area (Å²) in [6, 6.07) is 1.36. The van der Waals surface area contributed by atoms with Gasteiger partial charge in [0.1, 0.15) is 0 Å². The summed E-state index contributed by atoms with van der Waals surface area (Å²) in [5.41, 5.74) is 6.37. The maximum Gasteiger partial charge on any atom is 0.337 e. The molecular formula is C9H6N3O3Y-. The molecule has 0 spiro atoms. The molecule has 7 heteroatoms. The minimum Gasteiger partial charge on any atom is -0.478 e. The van der Waals surface area contributed by atoms with Crippen LogP contribution >= 0.6 is 0 Å². The molecule has 1 radical (unpaired) electrons. The number of aromatic carboxylic acids is 1. The van der Waals surface area contributed by atoms with Crippen molar-refractivity contribution in [1.29, 1.82) is 0 Å². The number of aromatic nitrogens is 2. The van der Waals surface area contributed by atoms with E-state index in [0.717, 1.165) is 0 Å². The Morgan fingerprint density at radius 3 is 2.81 bits per heavy atom. The van der Waals surface area contributed by atoms with Crippen molar-refractivity contribution in [3.63, 3.8) is 0 Å². The average Bonchev–Trinajstić information content (AvgIpc) is 2.51. The van der Waals surface area contributed by atoms with Crippen LogP contribution in [0.3, 0.4) is 0 Å². The van der Waals surface area contributed by atoms with Crippen molar-refractivity contribution in [2.24, 2.45) is 0 Å². The van der Waals surface area contributed by atoms with Crippen LogP contribution in [0.25, 0.3) is 11.0 Å². The Hall–Kier alpha value is -1.27. The van der Waals surface area contributed by atoms with Crippen LogP contribution in [0.1, 0.15) is 15.9 Å². The number of H-pyrrole nitrogens is 1. The fourth-order valence-electron chi connectivity index (χ4n) is 1.31. The fourth-order valence-corrected chi connectivity index (χ4v) is 1.31. The summed E-state index contributed by atoms with van der Waals surface area (Å²) >= 11 is 0. The molecule has 6 nitrogen and oxygen atoms in total. The Morgan fingerprint density at radius 1 is 1.56 bits per heavy atom. The van der Waals surface area contributed by atoms with Crippen LogP contribution < -0.4 is 5.73 Å². The predicted octanol–water partition coefficient (Wildman–Crippen LogP) is 0.299. The molecule has 0 bridgehead atoms. The Labute approximate surface area is 115 Å². The van der Waals surface area contributed by atoms with E-state index in [1.807, 2.05) is 0 Å². The van der Waals surface area contributed by atoms with E-state index < -0.39 is 5.97 Å². The number of carboxylic acid groups (broad SMARTS) is 1. The summed E-state index contributed by atoms with van der Waals surface area (Å²) in [5, 5.41) is 8.72. The van der Waals surface area contributed by atoms with Crippen molar-refractivity contribution in [2.45, 2.75) is 0 Å². The molecular weight excluding hydrogens is 287 g/mol. The second-order valence-electron chi connectivity index (χ2n) is 2.94. The number of hydrogen-bond donors (Lipinski definition) is 3. The van der Waals surface area contributed by atoms with Crippen LogP contribution in [0.4, 0.5) is 5.82 Å². The van der Waals surface area contributed by atoms with Gasteiger partial charge in [-0.3, -0.25) is 0 Å². The van der Waals surface area contributed by atoms with Gasteiger partial charge in [0.2, 0.25) is 0 Å². The molecule has 2 aromatic heterocycles. The summed E-state index contributed by atoms with van der Waals surface area (Å²) in [6.45, 7) is 0. The first kappa shape index (κ1) is 12.8. The molecule has 2 rings (SSSR count). The van der Waals surface area contributed by atoms with Gasteiger partial charge >= 0.3 is 5.97 Å². The van der Waals surface area contributed by atoms with Gasteiger partial charge in [-0.25, -0.2) is 4.79 Å². The third kappa shape index (κ3) is 1.98. The van der Waals surface area contributed by atoms with Crippen LogP contribution in [0.5, 0.6) is 0 Å². The van der Waals surface area contributed by atoms with E-state index in [2.05, 4.69) is 9.97 Å². The molecule has 0 aromatic carbocycles. The van der Waals surface area contributed by atoms with Gasteiger partial charge in [-0.05, 0) is 22.9 Å². The SMILES string of the molecule is Nc1[nH]c2cc(C(=O)O)cnc2c1[C-]=O.[Y]. The Kier molecular flexibility index (Phi) is 3.77. The summed E-state index contributed by atoms with van der Waals surface area (Å²) in [6.07, 6.45) is 2.82. The molecule has 4 N–H and O–H groups in total. The molecule has 16 heavy (non-hydrogen) atoms. The molecule has 0 fully saturated rings. The van der Waals surface area contributed by atoms with E-state index in [1.54, 1.807) is 6.29 Å². The first-order valence-corrected chi connectivity index (χ1v) is 4.02. The standard InChI is InChI=1S/C9H6N3O3.Y/c10-8-5(3-13)7-6(12-8)1-4(2-11-7)9(14)15;/h1-2,12H,10H2,(H,14,15);/q-1;. The molecule has 0 unspecified atom stereocenters. The number of rotatable bonds is 2. The zero-order chi connectivity index (χ0) is 11.0. The van der Waals surface area contributed by atoms with Gasteiger partial charge in [0.25, 0.3) is 0 Å². The fraction of sp³-hybridized carbons (Fsp3) is 0. The van der Waals surface area contributed by atoms with Crippen LogP contribution in [0.2, 0.25) is 0 Å². The molecule has 0 aliphatic rings. The summed E-state index contributed by atoms with van der Waals surface area (Å²) in [4.78, 5) is 27.7. The van der Waals surface area contributed by atoms with Gasteiger partial charge in [0.05, 0.1) is 11.8 Å². The number of fused-ring (bicyclic) bond motifs is 1. The van der Waals surface area contributed by atoms with Crippen LogP contribution in [-0.2, 0) is 37.5 Å². The van der Waals surface area contributed by atoms with E-state index in [0.29, 0.717) is 11.0 Å². The predicted molar refractivity (Wildman–Crippen MR) is 52.3 cm³/mol. The maximum atomic E-state index is 10.6. The van der Waals surface area contributed by atoms with Crippen molar-refractivity contribution in [2.75, 3.05) is 5.73 Å². The second kappa shape index (κ2) is 4.71. The summed E-state index contributed by atoms with van der Waals surface area (Å²) in [7, 11) is 0. The molecule has 0 saturated heterocycles. The number of carbonyl (C=O) groups excluding carboxylic acids is 1. The minimum absolute atomic E-state index is 0. The molecule has 79 valence electrons. The van der Waals surface area contributed by atoms with Crippen molar-refractivity contribution in [3.05, 3.63) is 23.4 Å². The van der Waals surface area contributed by atoms with Crippen LogP contribution in [0, 0.1) is 0 Å². The molecule has 2 heterocycles. The Balaban J connectivity index is 0.00000128. The van der Waals surface area contributed by atoms with Gasteiger partial charge in [-0.2, -0.15) is 0 Å². The van der Waals surface area contributed by atoms with E-state index in [9.17, 15) is 9.59 Å². The average molecular weight is 293 g/mol. The Bertz CT molecular complexity index is 564. The minimum atomic E-state index is -1.09. The number of anilines is 1. The first-order chi connectivity index (χ1) is 7.13. The van der Waals surface area contributed by atoms with E-state index in [4.69, 9.17) is 10.8 Å². The number of carboxylic acids is 1. The third-order valence-electron chi connectivity index (χ3n) is 2.01. The second-order valence-corrected chi connectivity index (χ2v) is 2.94. The maximum absolute atomic E-state index is 10.6. The van der Waals surface area contributed by atoms with Gasteiger partial charge in [0.15, 0.2) is 0 Å². The normalized spacial score (nSPS) is 9.75. The smallest absolute Gasteiger partial charge is 0.337 e. The van der Waals surface area contributed by atoms with E-state index >= 15 is 0 Å². The number of nitrogen functional groups attached to an aromatic ring is 1. The van der Waals surface area contributed by atoms with Gasteiger partial charge in [0, 0.05) is 38.9 Å². The monoisotopic (exact) mass is 293 g/mol. The van der Waals surface area contributed by atoms with Crippen LogP contribution in [-0.4, -0.2) is 27.3 Å². The summed E-state index contributed by atoms with van der Waals surface area (Å²) in [5.74, 6) is -0.954. The topological polar surface area (TPSA) is 109 Å². The number of pyridine rings is 1. The molecule has 2 aromatic rings. The van der Waals surface area contributed by atoms with Crippen molar-refractivity contribution >= 4 is 29.1 Å². The number of nitrogens with zero attached hydrogens (tertiary/aromatic N) is 1. The number of carbonyl (C=O) groups is 1. The summed E-state index contributed by atoms with van der Waals surface area (Å²) < 4.78 is 0. The quantitative estimate of drug-likeness (QED) is 0.690. The van der Waals surface area contributed by atoms with Gasteiger partial charge in [-0.1, -0.05) is 5.56 Å². The van der Waals surface area contributed by atoms with Crippen LogP contribution in [0.15, 0.2) is 12.3 Å². The van der Waals surface area contributed by atoms with Gasteiger partial charge in [-0.15, -0.1) is 0 Å². The number of aromatic amines is 1. The van der Waals surface area contributed by atoms with E-state index in [-0.39, 0.29) is 49.7 Å². The number of nitrogens with one attached hydrogen (secondary N) is 1. The molecule has 0 aliphatic heterocycles. The largest absolute Gasteiger partial charge is 0.478 e.